The third-order valence-corrected chi connectivity index (χ3v) is 3.92. The molecule has 0 spiro atoms. The zero-order valence-electron chi connectivity index (χ0n) is 9.59. The van der Waals surface area contributed by atoms with Gasteiger partial charge < -0.3 is 9.47 Å². The molecule has 2 heterocycles. The first-order chi connectivity index (χ1) is 7.69. The quantitative estimate of drug-likeness (QED) is 0.508. The number of hydrogen-bond acceptors (Lipinski definition) is 5. The number of hydrogen-bond donors (Lipinski definition) is 0. The van der Waals surface area contributed by atoms with Crippen molar-refractivity contribution in [1.82, 2.24) is 4.90 Å². The number of nitrogens with zero attached hydrogens (tertiary/aromatic N) is 1. The number of carbonyl (C=O) groups excluding carboxylic acids is 2. The molecule has 0 aromatic carbocycles. The highest BCUT2D eigenvalue weighted by molar-refractivity contribution is 5.74. The second-order valence-electron chi connectivity index (χ2n) is 4.52. The molecule has 0 aromatic heterocycles. The smallest absolute Gasteiger partial charge is 0.314 e. The molecule has 0 aromatic rings. The summed E-state index contributed by atoms with van der Waals surface area (Å²) in [6.07, 6.45) is 2.44. The summed E-state index contributed by atoms with van der Waals surface area (Å²) in [5, 5.41) is 0. The average Bonchev–Trinajstić information content (AvgIpc) is 2.53. The van der Waals surface area contributed by atoms with Crippen LogP contribution in [0.5, 0.6) is 0 Å². The number of carbonyl (C=O) groups is 2. The van der Waals surface area contributed by atoms with Crippen molar-refractivity contribution in [2.45, 2.75) is 37.5 Å². The van der Waals surface area contributed by atoms with Crippen LogP contribution in [0.4, 0.5) is 0 Å². The lowest BCUT2D eigenvalue weighted by atomic mass is 9.87. The van der Waals surface area contributed by atoms with Crippen molar-refractivity contribution in [3.63, 3.8) is 0 Å². The van der Waals surface area contributed by atoms with Gasteiger partial charge >= 0.3 is 5.97 Å². The van der Waals surface area contributed by atoms with E-state index in [-0.39, 0.29) is 24.0 Å². The van der Waals surface area contributed by atoms with Gasteiger partial charge in [0.1, 0.15) is 12.0 Å². The van der Waals surface area contributed by atoms with E-state index >= 15 is 0 Å². The molecule has 16 heavy (non-hydrogen) atoms. The van der Waals surface area contributed by atoms with Crippen LogP contribution in [0.25, 0.3) is 0 Å². The molecule has 0 aliphatic carbocycles. The van der Waals surface area contributed by atoms with Gasteiger partial charge in [0.25, 0.3) is 6.47 Å². The first-order valence-electron chi connectivity index (χ1n) is 5.58. The molecule has 4 atom stereocenters. The van der Waals surface area contributed by atoms with E-state index in [1.54, 1.807) is 0 Å². The molecule has 0 N–H and O–H groups in total. The maximum absolute atomic E-state index is 11.7. The molecule has 90 valence electrons. The first-order valence-corrected chi connectivity index (χ1v) is 5.58. The van der Waals surface area contributed by atoms with E-state index in [9.17, 15) is 9.59 Å². The van der Waals surface area contributed by atoms with E-state index in [1.807, 2.05) is 7.05 Å². The van der Waals surface area contributed by atoms with Gasteiger partial charge in [-0.15, -0.1) is 0 Å². The van der Waals surface area contributed by atoms with E-state index in [1.165, 1.54) is 7.11 Å². The van der Waals surface area contributed by atoms with Gasteiger partial charge in [-0.2, -0.15) is 0 Å². The Labute approximate surface area is 94.7 Å². The van der Waals surface area contributed by atoms with Gasteiger partial charge in [-0.05, 0) is 19.9 Å². The fourth-order valence-electron chi connectivity index (χ4n) is 3.08. The van der Waals surface area contributed by atoms with Crippen LogP contribution in [0.3, 0.4) is 0 Å². The molecule has 0 radical (unpaired) electrons. The van der Waals surface area contributed by atoms with Crippen molar-refractivity contribution in [2.75, 3.05) is 14.2 Å². The predicted octanol–water partition coefficient (Wildman–Crippen LogP) is 0.184. The summed E-state index contributed by atoms with van der Waals surface area (Å²) in [6.45, 7) is 0.436. The number of fused-ring (bicyclic) bond motifs is 2. The van der Waals surface area contributed by atoms with Crippen LogP contribution < -0.4 is 0 Å². The molecular formula is C11H17NO4. The van der Waals surface area contributed by atoms with Crippen molar-refractivity contribution in [3.8, 4) is 0 Å². The zero-order valence-corrected chi connectivity index (χ0v) is 9.59. The minimum atomic E-state index is -0.334. The lowest BCUT2D eigenvalue weighted by molar-refractivity contribution is -0.161. The van der Waals surface area contributed by atoms with Gasteiger partial charge in [0.2, 0.25) is 0 Å². The van der Waals surface area contributed by atoms with Crippen LogP contribution in [-0.2, 0) is 19.1 Å². The largest absolute Gasteiger partial charge is 0.469 e. The van der Waals surface area contributed by atoms with Crippen molar-refractivity contribution in [2.24, 2.45) is 5.92 Å². The fraction of sp³-hybridized carbons (Fsp3) is 0.818. The third kappa shape index (κ3) is 1.69. The first kappa shape index (κ1) is 11.4. The molecule has 2 fully saturated rings. The Kier molecular flexibility index (Phi) is 3.14. The molecule has 2 rings (SSSR count). The predicted molar refractivity (Wildman–Crippen MR) is 55.6 cm³/mol. The molecule has 5 nitrogen and oxygen atoms in total. The minimum absolute atomic E-state index is 0.149. The molecule has 0 saturated carbocycles. The second kappa shape index (κ2) is 4.41. The molecule has 1 unspecified atom stereocenters. The molecule has 2 bridgehead atoms. The maximum atomic E-state index is 11.7. The molecule has 2 aliphatic rings. The van der Waals surface area contributed by atoms with E-state index in [0.29, 0.717) is 12.5 Å². The van der Waals surface area contributed by atoms with E-state index in [4.69, 9.17) is 9.47 Å². The summed E-state index contributed by atoms with van der Waals surface area (Å²) in [4.78, 5) is 24.4. The van der Waals surface area contributed by atoms with Gasteiger partial charge in [0, 0.05) is 18.5 Å². The van der Waals surface area contributed by atoms with E-state index in [2.05, 4.69) is 4.90 Å². The molecule has 2 saturated heterocycles. The summed E-state index contributed by atoms with van der Waals surface area (Å²) in [7, 11) is 3.40. The summed E-state index contributed by atoms with van der Waals surface area (Å²) < 4.78 is 9.84. The summed E-state index contributed by atoms with van der Waals surface area (Å²) >= 11 is 0. The highest BCUT2D eigenvalue weighted by atomic mass is 16.5. The van der Waals surface area contributed by atoms with Gasteiger partial charge in [-0.25, -0.2) is 0 Å². The summed E-state index contributed by atoms with van der Waals surface area (Å²) in [5.41, 5.74) is 0. The average molecular weight is 227 g/mol. The van der Waals surface area contributed by atoms with E-state index < -0.39 is 0 Å². The van der Waals surface area contributed by atoms with Gasteiger partial charge in [-0.3, -0.25) is 14.5 Å². The monoisotopic (exact) mass is 227 g/mol. The van der Waals surface area contributed by atoms with Gasteiger partial charge in [0.05, 0.1) is 7.11 Å². The lowest BCUT2D eigenvalue weighted by Gasteiger charge is -2.40. The van der Waals surface area contributed by atoms with Crippen molar-refractivity contribution in [3.05, 3.63) is 0 Å². The highest BCUT2D eigenvalue weighted by Crippen LogP contribution is 2.39. The number of esters is 1. The Morgan fingerprint density at radius 1 is 1.44 bits per heavy atom. The van der Waals surface area contributed by atoms with Crippen LogP contribution in [0, 0.1) is 5.92 Å². The lowest BCUT2D eigenvalue weighted by Crippen LogP contribution is -2.53. The Morgan fingerprint density at radius 3 is 2.81 bits per heavy atom. The summed E-state index contributed by atoms with van der Waals surface area (Å²) in [5.74, 6) is -0.608. The molecule has 5 heteroatoms. The minimum Gasteiger partial charge on any atom is -0.469 e. The number of ether oxygens (including phenoxy) is 2. The molecule has 0 amide bonds. The molecule has 2 aliphatic heterocycles. The van der Waals surface area contributed by atoms with Crippen LogP contribution >= 0.6 is 0 Å². The van der Waals surface area contributed by atoms with Gasteiger partial charge in [0.15, 0.2) is 0 Å². The van der Waals surface area contributed by atoms with Crippen LogP contribution in [-0.4, -0.2) is 49.7 Å². The SMILES string of the molecule is COC(=O)[C@@H]1C2CC[C@H](C[C@@H]1OC=O)N2C. The van der Waals surface area contributed by atoms with Gasteiger partial charge in [-0.1, -0.05) is 0 Å². The van der Waals surface area contributed by atoms with E-state index in [0.717, 1.165) is 19.3 Å². The Bertz CT molecular complexity index is 294. The number of rotatable bonds is 3. The third-order valence-electron chi connectivity index (χ3n) is 3.92. The van der Waals surface area contributed by atoms with Crippen LogP contribution in [0.1, 0.15) is 19.3 Å². The van der Waals surface area contributed by atoms with Crippen molar-refractivity contribution < 1.29 is 19.1 Å². The van der Waals surface area contributed by atoms with Crippen LogP contribution in [0.15, 0.2) is 0 Å². The Morgan fingerprint density at radius 2 is 2.19 bits per heavy atom. The summed E-state index contributed by atoms with van der Waals surface area (Å²) in [6, 6.07) is 0.576. The fourth-order valence-corrected chi connectivity index (χ4v) is 3.08. The van der Waals surface area contributed by atoms with Crippen molar-refractivity contribution >= 4 is 12.4 Å². The number of methoxy groups -OCH3 is 1. The Balaban J connectivity index is 2.20. The van der Waals surface area contributed by atoms with Crippen LogP contribution in [0.2, 0.25) is 0 Å². The highest BCUT2D eigenvalue weighted by Gasteiger charge is 2.50. The number of piperidine rings is 1. The van der Waals surface area contributed by atoms with Crippen molar-refractivity contribution in [1.29, 1.82) is 0 Å². The normalized spacial score (nSPS) is 38.1. The zero-order chi connectivity index (χ0) is 11.7. The standard InChI is InChI=1S/C11H17NO4/c1-12-7-3-4-8(12)10(11(14)15-2)9(5-7)16-6-13/h6-10H,3-5H2,1-2H3/t7-,8?,9+,10-/m1/s1. The maximum Gasteiger partial charge on any atom is 0.314 e. The molecular weight excluding hydrogens is 210 g/mol. The second-order valence-corrected chi connectivity index (χ2v) is 4.52. The Hall–Kier alpha value is -1.10. The topological polar surface area (TPSA) is 55.8 Å².